The van der Waals surface area contributed by atoms with Crippen LogP contribution in [-0.4, -0.2) is 43.2 Å². The number of benzene rings is 2. The number of carbonyl (C=O) groups excluding carboxylic acids is 1. The van der Waals surface area contributed by atoms with E-state index >= 15 is 0 Å². The third kappa shape index (κ3) is 4.51. The van der Waals surface area contributed by atoms with E-state index < -0.39 is 10.0 Å². The van der Waals surface area contributed by atoms with E-state index in [1.807, 2.05) is 13.8 Å². The summed E-state index contributed by atoms with van der Waals surface area (Å²) in [5.41, 5.74) is 1.23. The van der Waals surface area contributed by atoms with Crippen molar-refractivity contribution in [3.05, 3.63) is 65.5 Å². The molecule has 1 amide bonds. The van der Waals surface area contributed by atoms with Crippen LogP contribution in [0.15, 0.2) is 53.4 Å². The van der Waals surface area contributed by atoms with Gasteiger partial charge in [0.15, 0.2) is 0 Å². The van der Waals surface area contributed by atoms with Crippen molar-refractivity contribution in [2.75, 3.05) is 13.6 Å². The SMILES string of the molecule is CC(c1ccc(F)cc1)N(C)C(=O)c1ccc(S(=O)(=O)N2CCCCC2C)cc1. The van der Waals surface area contributed by atoms with Crippen LogP contribution in [0, 0.1) is 5.82 Å². The zero-order valence-corrected chi connectivity index (χ0v) is 17.8. The maximum absolute atomic E-state index is 13.1. The van der Waals surface area contributed by atoms with Gasteiger partial charge in [-0.15, -0.1) is 0 Å². The Kier molecular flexibility index (Phi) is 6.39. The van der Waals surface area contributed by atoms with Crippen molar-refractivity contribution in [3.8, 4) is 0 Å². The summed E-state index contributed by atoms with van der Waals surface area (Å²) >= 11 is 0. The highest BCUT2D eigenvalue weighted by Crippen LogP contribution is 2.26. The third-order valence-corrected chi connectivity index (χ3v) is 7.73. The summed E-state index contributed by atoms with van der Waals surface area (Å²) in [5.74, 6) is -0.549. The summed E-state index contributed by atoms with van der Waals surface area (Å²) in [7, 11) is -1.89. The van der Waals surface area contributed by atoms with Gasteiger partial charge < -0.3 is 4.90 Å². The van der Waals surface area contributed by atoms with E-state index in [4.69, 9.17) is 0 Å². The number of hydrogen-bond acceptors (Lipinski definition) is 3. The predicted molar refractivity (Wildman–Crippen MR) is 111 cm³/mol. The summed E-state index contributed by atoms with van der Waals surface area (Å²) in [6.45, 7) is 4.32. The minimum Gasteiger partial charge on any atom is -0.335 e. The molecular formula is C22H27FN2O3S. The Balaban J connectivity index is 1.76. The van der Waals surface area contributed by atoms with Crippen LogP contribution in [0.3, 0.4) is 0 Å². The van der Waals surface area contributed by atoms with Crippen molar-refractivity contribution >= 4 is 15.9 Å². The molecular weight excluding hydrogens is 391 g/mol. The number of carbonyl (C=O) groups is 1. The van der Waals surface area contributed by atoms with Gasteiger partial charge in [0.05, 0.1) is 10.9 Å². The molecule has 2 unspecified atom stereocenters. The average Bonchev–Trinajstić information content (AvgIpc) is 2.73. The standard InChI is InChI=1S/C22H27FN2O3S/c1-16-6-4-5-15-25(16)29(27,28)21-13-9-19(10-14-21)22(26)24(3)17(2)18-7-11-20(23)12-8-18/h7-14,16-17H,4-6,15H2,1-3H3. The molecule has 2 aromatic carbocycles. The molecule has 1 aliphatic rings. The molecule has 156 valence electrons. The lowest BCUT2D eigenvalue weighted by Crippen LogP contribution is -2.41. The first kappa shape index (κ1) is 21.5. The number of hydrogen-bond donors (Lipinski definition) is 0. The number of amides is 1. The largest absolute Gasteiger partial charge is 0.335 e. The van der Waals surface area contributed by atoms with Crippen LogP contribution in [0.1, 0.15) is 55.1 Å². The van der Waals surface area contributed by atoms with Crippen LogP contribution in [0.25, 0.3) is 0 Å². The van der Waals surface area contributed by atoms with Gasteiger partial charge in [-0.25, -0.2) is 12.8 Å². The fourth-order valence-electron chi connectivity index (χ4n) is 3.68. The van der Waals surface area contributed by atoms with Crippen molar-refractivity contribution in [3.63, 3.8) is 0 Å². The van der Waals surface area contributed by atoms with Gasteiger partial charge in [0.2, 0.25) is 10.0 Å². The molecule has 7 heteroatoms. The Morgan fingerprint density at radius 2 is 1.72 bits per heavy atom. The maximum Gasteiger partial charge on any atom is 0.254 e. The van der Waals surface area contributed by atoms with Gasteiger partial charge in [0.25, 0.3) is 5.91 Å². The van der Waals surface area contributed by atoms with Crippen LogP contribution >= 0.6 is 0 Å². The lowest BCUT2D eigenvalue weighted by atomic mass is 10.1. The topological polar surface area (TPSA) is 57.7 Å². The molecule has 1 fully saturated rings. The molecule has 1 aliphatic heterocycles. The van der Waals surface area contributed by atoms with Gasteiger partial charge in [-0.05, 0) is 68.7 Å². The Bertz CT molecular complexity index is 959. The van der Waals surface area contributed by atoms with E-state index in [2.05, 4.69) is 0 Å². The quantitative estimate of drug-likeness (QED) is 0.730. The monoisotopic (exact) mass is 418 g/mol. The molecule has 0 saturated carbocycles. The minimum absolute atomic E-state index is 0.0160. The Morgan fingerprint density at radius 3 is 2.31 bits per heavy atom. The fraction of sp³-hybridized carbons (Fsp3) is 0.409. The van der Waals surface area contributed by atoms with Crippen LogP contribution in [0.2, 0.25) is 0 Å². The first-order valence-corrected chi connectivity index (χ1v) is 11.3. The highest BCUT2D eigenvalue weighted by molar-refractivity contribution is 7.89. The highest BCUT2D eigenvalue weighted by Gasteiger charge is 2.31. The molecule has 0 aromatic heterocycles. The smallest absolute Gasteiger partial charge is 0.254 e. The molecule has 5 nitrogen and oxygen atoms in total. The summed E-state index contributed by atoms with van der Waals surface area (Å²) in [6, 6.07) is 11.9. The van der Waals surface area contributed by atoms with E-state index in [0.29, 0.717) is 12.1 Å². The number of halogens is 1. The highest BCUT2D eigenvalue weighted by atomic mass is 32.2. The molecule has 3 rings (SSSR count). The molecule has 0 bridgehead atoms. The molecule has 0 radical (unpaired) electrons. The van der Waals surface area contributed by atoms with E-state index in [9.17, 15) is 17.6 Å². The molecule has 1 saturated heterocycles. The lowest BCUT2D eigenvalue weighted by Gasteiger charge is -2.32. The first-order valence-electron chi connectivity index (χ1n) is 9.86. The van der Waals surface area contributed by atoms with Gasteiger partial charge in [-0.3, -0.25) is 4.79 Å². The number of rotatable bonds is 5. The lowest BCUT2D eigenvalue weighted by molar-refractivity contribution is 0.0742. The molecule has 2 atom stereocenters. The Hall–Kier alpha value is -2.25. The van der Waals surface area contributed by atoms with Crippen LogP contribution in [0.4, 0.5) is 4.39 Å². The first-order chi connectivity index (χ1) is 13.7. The number of sulfonamides is 1. The Labute approximate surface area is 172 Å². The number of nitrogens with zero attached hydrogens (tertiary/aromatic N) is 2. The van der Waals surface area contributed by atoms with E-state index in [0.717, 1.165) is 24.8 Å². The van der Waals surface area contributed by atoms with Gasteiger partial charge in [-0.2, -0.15) is 4.31 Å². The van der Waals surface area contributed by atoms with Gasteiger partial charge >= 0.3 is 0 Å². The van der Waals surface area contributed by atoms with E-state index in [-0.39, 0.29) is 28.7 Å². The van der Waals surface area contributed by atoms with Gasteiger partial charge in [0, 0.05) is 25.2 Å². The molecule has 2 aromatic rings. The van der Waals surface area contributed by atoms with Crippen molar-refractivity contribution in [2.45, 2.75) is 50.1 Å². The van der Waals surface area contributed by atoms with Crippen molar-refractivity contribution in [1.82, 2.24) is 9.21 Å². The minimum atomic E-state index is -3.56. The second-order valence-electron chi connectivity index (χ2n) is 7.63. The molecule has 0 spiro atoms. The summed E-state index contributed by atoms with van der Waals surface area (Å²) < 4.78 is 40.6. The molecule has 0 N–H and O–H groups in total. The molecule has 29 heavy (non-hydrogen) atoms. The summed E-state index contributed by atoms with van der Waals surface area (Å²) in [6.07, 6.45) is 2.77. The molecule has 1 heterocycles. The summed E-state index contributed by atoms with van der Waals surface area (Å²) in [5, 5.41) is 0. The third-order valence-electron chi connectivity index (χ3n) is 5.70. The summed E-state index contributed by atoms with van der Waals surface area (Å²) in [4.78, 5) is 14.6. The van der Waals surface area contributed by atoms with Crippen molar-refractivity contribution in [2.24, 2.45) is 0 Å². The predicted octanol–water partition coefficient (Wildman–Crippen LogP) is 4.22. The van der Waals surface area contributed by atoms with Crippen LogP contribution in [-0.2, 0) is 10.0 Å². The van der Waals surface area contributed by atoms with E-state index in [1.54, 1.807) is 40.5 Å². The zero-order valence-electron chi connectivity index (χ0n) is 17.0. The van der Waals surface area contributed by atoms with Gasteiger partial charge in [-0.1, -0.05) is 18.6 Å². The zero-order chi connectivity index (χ0) is 21.2. The maximum atomic E-state index is 13.1. The van der Waals surface area contributed by atoms with Crippen molar-refractivity contribution < 1.29 is 17.6 Å². The van der Waals surface area contributed by atoms with Crippen LogP contribution in [0.5, 0.6) is 0 Å². The second-order valence-corrected chi connectivity index (χ2v) is 9.52. The number of piperidine rings is 1. The molecule has 0 aliphatic carbocycles. The fourth-order valence-corrected chi connectivity index (χ4v) is 5.38. The average molecular weight is 419 g/mol. The Morgan fingerprint density at radius 1 is 1.10 bits per heavy atom. The van der Waals surface area contributed by atoms with Crippen LogP contribution < -0.4 is 0 Å². The van der Waals surface area contributed by atoms with Gasteiger partial charge in [0.1, 0.15) is 5.82 Å². The normalized spacial score (nSPS) is 19.0. The van der Waals surface area contributed by atoms with Crippen molar-refractivity contribution in [1.29, 1.82) is 0 Å². The second kappa shape index (κ2) is 8.63. The van der Waals surface area contributed by atoms with E-state index in [1.165, 1.54) is 24.3 Å².